The summed E-state index contributed by atoms with van der Waals surface area (Å²) in [5, 5.41) is 10.2. The quantitative estimate of drug-likeness (QED) is 0.850. The number of rotatable bonds is 3. The van der Waals surface area contributed by atoms with Gasteiger partial charge in [0.25, 0.3) is 0 Å². The summed E-state index contributed by atoms with van der Waals surface area (Å²) in [6.45, 7) is 2.25. The molecule has 1 aliphatic rings. The molecule has 3 unspecified atom stereocenters. The van der Waals surface area contributed by atoms with E-state index >= 15 is 0 Å². The van der Waals surface area contributed by atoms with Crippen LogP contribution in [0.5, 0.6) is 0 Å². The second-order valence-electron chi connectivity index (χ2n) is 5.43. The second kappa shape index (κ2) is 5.63. The Labute approximate surface area is 103 Å². The highest BCUT2D eigenvalue weighted by atomic mass is 19.1. The van der Waals surface area contributed by atoms with Crippen molar-refractivity contribution >= 4 is 0 Å². The molecule has 3 atom stereocenters. The van der Waals surface area contributed by atoms with Crippen molar-refractivity contribution < 1.29 is 9.50 Å². The van der Waals surface area contributed by atoms with E-state index in [9.17, 15) is 9.50 Å². The third kappa shape index (κ3) is 3.53. The van der Waals surface area contributed by atoms with Crippen LogP contribution in [-0.4, -0.2) is 11.2 Å². The molecule has 0 saturated heterocycles. The highest BCUT2D eigenvalue weighted by molar-refractivity contribution is 5.17. The van der Waals surface area contributed by atoms with Crippen LogP contribution in [0.25, 0.3) is 0 Å². The van der Waals surface area contributed by atoms with Crippen LogP contribution in [0.4, 0.5) is 4.39 Å². The maximum Gasteiger partial charge on any atom is 0.123 e. The average Bonchev–Trinajstić information content (AvgIpc) is 2.29. The van der Waals surface area contributed by atoms with Crippen molar-refractivity contribution in [1.29, 1.82) is 0 Å². The predicted octanol–water partition coefficient (Wildman–Crippen LogP) is 3.56. The van der Waals surface area contributed by atoms with Gasteiger partial charge in [-0.3, -0.25) is 0 Å². The van der Waals surface area contributed by atoms with Crippen LogP contribution in [0.1, 0.15) is 38.2 Å². The van der Waals surface area contributed by atoms with Gasteiger partial charge in [-0.25, -0.2) is 4.39 Å². The lowest BCUT2D eigenvalue weighted by Crippen LogP contribution is -2.27. The first kappa shape index (κ1) is 12.6. The minimum Gasteiger partial charge on any atom is -0.392 e. The third-order valence-corrected chi connectivity index (χ3v) is 3.85. The van der Waals surface area contributed by atoms with Crippen molar-refractivity contribution in [3.8, 4) is 0 Å². The monoisotopic (exact) mass is 236 g/mol. The van der Waals surface area contributed by atoms with E-state index in [1.54, 1.807) is 6.07 Å². The van der Waals surface area contributed by atoms with E-state index < -0.39 is 0 Å². The Kier molecular flexibility index (Phi) is 4.16. The van der Waals surface area contributed by atoms with Crippen molar-refractivity contribution in [3.05, 3.63) is 35.6 Å². The van der Waals surface area contributed by atoms with Gasteiger partial charge in [-0.15, -0.1) is 0 Å². The Morgan fingerprint density at radius 2 is 2.24 bits per heavy atom. The van der Waals surface area contributed by atoms with Crippen LogP contribution in [0.3, 0.4) is 0 Å². The molecule has 1 fully saturated rings. The molecule has 1 nitrogen and oxygen atoms in total. The van der Waals surface area contributed by atoms with Crippen molar-refractivity contribution in [2.24, 2.45) is 11.8 Å². The molecule has 0 amide bonds. The highest BCUT2D eigenvalue weighted by Crippen LogP contribution is 2.31. The fraction of sp³-hybridized carbons (Fsp3) is 0.600. The molecule has 17 heavy (non-hydrogen) atoms. The third-order valence-electron chi connectivity index (χ3n) is 3.85. The lowest BCUT2D eigenvalue weighted by molar-refractivity contribution is 0.0720. The zero-order chi connectivity index (χ0) is 12.3. The number of benzene rings is 1. The lowest BCUT2D eigenvalue weighted by Gasteiger charge is -2.30. The fourth-order valence-corrected chi connectivity index (χ4v) is 2.90. The van der Waals surface area contributed by atoms with Gasteiger partial charge >= 0.3 is 0 Å². The first-order valence-electron chi connectivity index (χ1n) is 6.57. The molecule has 1 aromatic rings. The summed E-state index contributed by atoms with van der Waals surface area (Å²) in [4.78, 5) is 0. The van der Waals surface area contributed by atoms with E-state index in [0.29, 0.717) is 12.3 Å². The van der Waals surface area contributed by atoms with Crippen LogP contribution in [0.15, 0.2) is 24.3 Å². The van der Waals surface area contributed by atoms with E-state index in [4.69, 9.17) is 0 Å². The van der Waals surface area contributed by atoms with Crippen molar-refractivity contribution in [2.45, 2.75) is 45.1 Å². The summed E-state index contributed by atoms with van der Waals surface area (Å²) in [6.07, 6.45) is 4.97. The summed E-state index contributed by atoms with van der Waals surface area (Å²) in [7, 11) is 0. The van der Waals surface area contributed by atoms with Gasteiger partial charge in [0.05, 0.1) is 6.10 Å². The maximum absolute atomic E-state index is 13.0. The summed E-state index contributed by atoms with van der Waals surface area (Å²) in [6, 6.07) is 6.56. The molecule has 0 spiro atoms. The van der Waals surface area contributed by atoms with Crippen LogP contribution in [0, 0.1) is 17.7 Å². The zero-order valence-electron chi connectivity index (χ0n) is 10.4. The van der Waals surface area contributed by atoms with Crippen molar-refractivity contribution in [2.75, 3.05) is 0 Å². The van der Waals surface area contributed by atoms with E-state index in [1.807, 2.05) is 6.07 Å². The molecule has 1 saturated carbocycles. The number of hydrogen-bond donors (Lipinski definition) is 1. The normalized spacial score (nSPS) is 26.8. The standard InChI is InChI=1S/C15H21FO/c1-11-4-2-6-13(8-11)15(17)10-12-5-3-7-14(16)9-12/h3,5,7,9,11,13,15,17H,2,4,6,8,10H2,1H3. The van der Waals surface area contributed by atoms with Crippen LogP contribution in [0.2, 0.25) is 0 Å². The number of aliphatic hydroxyl groups excluding tert-OH is 1. The van der Waals surface area contributed by atoms with Gasteiger partial charge < -0.3 is 5.11 Å². The summed E-state index contributed by atoms with van der Waals surface area (Å²) >= 11 is 0. The molecule has 0 radical (unpaired) electrons. The van der Waals surface area contributed by atoms with Gasteiger partial charge in [-0.05, 0) is 48.8 Å². The SMILES string of the molecule is CC1CCCC(C(O)Cc2cccc(F)c2)C1. The van der Waals surface area contributed by atoms with Crippen molar-refractivity contribution in [1.82, 2.24) is 0 Å². The van der Waals surface area contributed by atoms with Gasteiger partial charge in [0.1, 0.15) is 5.82 Å². The molecule has 2 rings (SSSR count). The molecule has 2 heteroatoms. The summed E-state index contributed by atoms with van der Waals surface area (Å²) < 4.78 is 13.0. The molecule has 0 aromatic heterocycles. The van der Waals surface area contributed by atoms with Gasteiger partial charge in [-0.2, -0.15) is 0 Å². The van der Waals surface area contributed by atoms with Crippen LogP contribution >= 0.6 is 0 Å². The van der Waals surface area contributed by atoms with E-state index in [0.717, 1.165) is 24.3 Å². The molecule has 0 aliphatic heterocycles. The molecule has 1 aliphatic carbocycles. The topological polar surface area (TPSA) is 20.2 Å². The number of halogens is 1. The molecule has 0 heterocycles. The molecule has 1 aromatic carbocycles. The summed E-state index contributed by atoms with van der Waals surface area (Å²) in [5.41, 5.74) is 0.899. The van der Waals surface area contributed by atoms with Crippen LogP contribution in [-0.2, 0) is 6.42 Å². The Hall–Kier alpha value is -0.890. The minimum absolute atomic E-state index is 0.216. The van der Waals surface area contributed by atoms with Gasteiger partial charge in [0.15, 0.2) is 0 Å². The lowest BCUT2D eigenvalue weighted by atomic mass is 9.78. The van der Waals surface area contributed by atoms with Crippen LogP contribution < -0.4 is 0 Å². The molecule has 94 valence electrons. The largest absolute Gasteiger partial charge is 0.392 e. The first-order chi connectivity index (χ1) is 8.15. The Bertz CT molecular complexity index is 364. The minimum atomic E-state index is -0.320. The van der Waals surface area contributed by atoms with E-state index in [2.05, 4.69) is 6.92 Å². The van der Waals surface area contributed by atoms with E-state index in [-0.39, 0.29) is 11.9 Å². The highest BCUT2D eigenvalue weighted by Gasteiger charge is 2.25. The number of aliphatic hydroxyl groups is 1. The van der Waals surface area contributed by atoms with Gasteiger partial charge in [0, 0.05) is 0 Å². The van der Waals surface area contributed by atoms with Gasteiger partial charge in [0.2, 0.25) is 0 Å². The summed E-state index contributed by atoms with van der Waals surface area (Å²) in [5.74, 6) is 0.893. The Morgan fingerprint density at radius 3 is 2.94 bits per heavy atom. The second-order valence-corrected chi connectivity index (χ2v) is 5.43. The first-order valence-corrected chi connectivity index (χ1v) is 6.57. The Morgan fingerprint density at radius 1 is 1.41 bits per heavy atom. The predicted molar refractivity (Wildman–Crippen MR) is 67.2 cm³/mol. The smallest absolute Gasteiger partial charge is 0.123 e. The Balaban J connectivity index is 1.94. The molecular weight excluding hydrogens is 215 g/mol. The van der Waals surface area contributed by atoms with E-state index in [1.165, 1.54) is 25.0 Å². The maximum atomic E-state index is 13.0. The molecular formula is C15H21FO. The zero-order valence-corrected chi connectivity index (χ0v) is 10.4. The average molecular weight is 236 g/mol. The molecule has 0 bridgehead atoms. The fourth-order valence-electron chi connectivity index (χ4n) is 2.90. The number of hydrogen-bond acceptors (Lipinski definition) is 1. The van der Waals surface area contributed by atoms with Crippen molar-refractivity contribution in [3.63, 3.8) is 0 Å². The molecule has 1 N–H and O–H groups in total. The van der Waals surface area contributed by atoms with Gasteiger partial charge in [-0.1, -0.05) is 31.9 Å².